The number of benzene rings is 2. The van der Waals surface area contributed by atoms with Gasteiger partial charge in [-0.1, -0.05) is 35.9 Å². The Kier molecular flexibility index (Phi) is 6.74. The lowest BCUT2D eigenvalue weighted by Gasteiger charge is -2.30. The number of alkyl halides is 3. The molecule has 0 amide bonds. The molecular weight excluding hydrogens is 443 g/mol. The number of hydrogen-bond acceptors (Lipinski definition) is 4. The maximum Gasteiger partial charge on any atom is 0.417 e. The molecule has 0 unspecified atom stereocenters. The minimum absolute atomic E-state index is 0.0386. The van der Waals surface area contributed by atoms with Crippen molar-refractivity contribution in [3.8, 4) is 0 Å². The number of esters is 1. The number of nitrogens with zero attached hydrogens (tertiary/aromatic N) is 1. The number of halogens is 4. The van der Waals surface area contributed by atoms with E-state index in [-0.39, 0.29) is 32.5 Å². The highest BCUT2D eigenvalue weighted by molar-refractivity contribution is 7.89. The van der Waals surface area contributed by atoms with Gasteiger partial charge in [-0.15, -0.1) is 0 Å². The first kappa shape index (κ1) is 22.6. The van der Waals surface area contributed by atoms with E-state index in [1.165, 1.54) is 6.07 Å². The van der Waals surface area contributed by atoms with E-state index in [0.29, 0.717) is 5.02 Å². The highest BCUT2D eigenvalue weighted by Gasteiger charge is 2.40. The van der Waals surface area contributed by atoms with Crippen LogP contribution in [-0.2, 0) is 32.3 Å². The second kappa shape index (κ2) is 8.95. The molecule has 2 aromatic rings. The van der Waals surface area contributed by atoms with E-state index in [0.717, 1.165) is 28.1 Å². The standard InChI is InChI=1S/C20H19ClF3NO4S/c21-16-5-3-4-14(12-16)13-29-19(26)15-8-10-25(11-9-15)30(27,28)18-7-2-1-6-17(18)20(22,23)24/h1-7,12,15H,8-11,13H2. The summed E-state index contributed by atoms with van der Waals surface area (Å²) < 4.78 is 71.4. The van der Waals surface area contributed by atoms with Gasteiger partial charge in [-0.05, 0) is 42.7 Å². The summed E-state index contributed by atoms with van der Waals surface area (Å²) in [5.41, 5.74) is -0.479. The van der Waals surface area contributed by atoms with E-state index in [2.05, 4.69) is 0 Å². The van der Waals surface area contributed by atoms with Crippen LogP contribution in [-0.4, -0.2) is 31.8 Å². The topological polar surface area (TPSA) is 63.7 Å². The van der Waals surface area contributed by atoms with Gasteiger partial charge < -0.3 is 4.74 Å². The lowest BCUT2D eigenvalue weighted by atomic mass is 9.98. The van der Waals surface area contributed by atoms with Gasteiger partial charge in [0.15, 0.2) is 0 Å². The molecule has 30 heavy (non-hydrogen) atoms. The molecule has 0 aromatic heterocycles. The largest absolute Gasteiger partial charge is 0.461 e. The normalized spacial score (nSPS) is 16.4. The van der Waals surface area contributed by atoms with E-state index in [1.54, 1.807) is 24.3 Å². The summed E-state index contributed by atoms with van der Waals surface area (Å²) in [4.78, 5) is 11.5. The highest BCUT2D eigenvalue weighted by Crippen LogP contribution is 2.36. The SMILES string of the molecule is O=C(OCc1cccc(Cl)c1)C1CCN(S(=O)(=O)c2ccccc2C(F)(F)F)CC1. The minimum atomic E-state index is -4.79. The number of sulfonamides is 1. The van der Waals surface area contributed by atoms with Crippen LogP contribution in [0, 0.1) is 5.92 Å². The van der Waals surface area contributed by atoms with Crippen LogP contribution in [0.5, 0.6) is 0 Å². The van der Waals surface area contributed by atoms with Gasteiger partial charge in [-0.25, -0.2) is 8.42 Å². The molecule has 0 radical (unpaired) electrons. The Morgan fingerprint density at radius 1 is 1.10 bits per heavy atom. The second-order valence-corrected chi connectivity index (χ2v) is 9.25. The van der Waals surface area contributed by atoms with Crippen molar-refractivity contribution < 1.29 is 31.1 Å². The Hall–Kier alpha value is -2.10. The van der Waals surface area contributed by atoms with Crippen LogP contribution >= 0.6 is 11.6 Å². The molecule has 1 aliphatic rings. The molecule has 1 fully saturated rings. The van der Waals surface area contributed by atoms with Gasteiger partial charge in [0.1, 0.15) is 6.61 Å². The summed E-state index contributed by atoms with van der Waals surface area (Å²) in [5.74, 6) is -0.990. The summed E-state index contributed by atoms with van der Waals surface area (Å²) >= 11 is 5.88. The average Bonchev–Trinajstić information content (AvgIpc) is 2.71. The molecule has 162 valence electrons. The average molecular weight is 462 g/mol. The number of carbonyl (C=O) groups excluding carboxylic acids is 1. The zero-order valence-corrected chi connectivity index (χ0v) is 17.3. The fourth-order valence-electron chi connectivity index (χ4n) is 3.30. The van der Waals surface area contributed by atoms with Crippen molar-refractivity contribution >= 4 is 27.6 Å². The van der Waals surface area contributed by atoms with Gasteiger partial charge in [0.2, 0.25) is 10.0 Å². The van der Waals surface area contributed by atoms with Crippen LogP contribution < -0.4 is 0 Å². The maximum atomic E-state index is 13.2. The van der Waals surface area contributed by atoms with Crippen molar-refractivity contribution in [2.75, 3.05) is 13.1 Å². The van der Waals surface area contributed by atoms with Gasteiger partial charge in [-0.3, -0.25) is 4.79 Å². The first-order valence-electron chi connectivity index (χ1n) is 9.16. The highest BCUT2D eigenvalue weighted by atomic mass is 35.5. The third-order valence-corrected chi connectivity index (χ3v) is 7.06. The van der Waals surface area contributed by atoms with Crippen molar-refractivity contribution in [3.63, 3.8) is 0 Å². The number of carbonyl (C=O) groups is 1. The fourth-order valence-corrected chi connectivity index (χ4v) is 5.19. The summed E-state index contributed by atoms with van der Waals surface area (Å²) in [6.45, 7) is -0.0895. The van der Waals surface area contributed by atoms with Crippen molar-refractivity contribution in [1.29, 1.82) is 0 Å². The van der Waals surface area contributed by atoms with Crippen molar-refractivity contribution in [3.05, 3.63) is 64.7 Å². The number of ether oxygens (including phenoxy) is 1. The summed E-state index contributed by atoms with van der Waals surface area (Å²) in [6, 6.07) is 10.9. The summed E-state index contributed by atoms with van der Waals surface area (Å²) in [5, 5.41) is 0.515. The minimum Gasteiger partial charge on any atom is -0.461 e. The molecule has 1 aliphatic heterocycles. The molecule has 2 aromatic carbocycles. The van der Waals surface area contributed by atoms with E-state index in [9.17, 15) is 26.4 Å². The zero-order valence-electron chi connectivity index (χ0n) is 15.7. The van der Waals surface area contributed by atoms with Crippen LogP contribution in [0.25, 0.3) is 0 Å². The van der Waals surface area contributed by atoms with Crippen LogP contribution in [0.1, 0.15) is 24.0 Å². The van der Waals surface area contributed by atoms with Crippen LogP contribution in [0.15, 0.2) is 53.4 Å². The third kappa shape index (κ3) is 5.14. The zero-order chi connectivity index (χ0) is 21.9. The van der Waals surface area contributed by atoms with Crippen molar-refractivity contribution in [2.24, 2.45) is 5.92 Å². The van der Waals surface area contributed by atoms with E-state index >= 15 is 0 Å². The lowest BCUT2D eigenvalue weighted by molar-refractivity contribution is -0.151. The summed E-state index contributed by atoms with van der Waals surface area (Å²) in [6.07, 6.45) is -4.45. The first-order chi connectivity index (χ1) is 14.1. The van der Waals surface area contributed by atoms with E-state index < -0.39 is 38.5 Å². The number of hydrogen-bond donors (Lipinski definition) is 0. The van der Waals surface area contributed by atoms with Crippen molar-refractivity contribution in [2.45, 2.75) is 30.5 Å². The van der Waals surface area contributed by atoms with Gasteiger partial charge >= 0.3 is 12.1 Å². The van der Waals surface area contributed by atoms with Gasteiger partial charge in [0.25, 0.3) is 0 Å². The monoisotopic (exact) mass is 461 g/mol. The van der Waals surface area contributed by atoms with Gasteiger partial charge in [0.05, 0.1) is 16.4 Å². The Balaban J connectivity index is 1.63. The Morgan fingerprint density at radius 3 is 2.40 bits per heavy atom. The molecule has 0 N–H and O–H groups in total. The fraction of sp³-hybridized carbons (Fsp3) is 0.350. The van der Waals surface area contributed by atoms with E-state index in [4.69, 9.17) is 16.3 Å². The molecule has 3 rings (SSSR count). The lowest BCUT2D eigenvalue weighted by Crippen LogP contribution is -2.41. The van der Waals surface area contributed by atoms with E-state index in [1.807, 2.05) is 0 Å². The Labute approximate surface area is 177 Å². The molecule has 1 heterocycles. The molecule has 0 saturated carbocycles. The predicted octanol–water partition coefficient (Wildman–Crippen LogP) is 4.50. The smallest absolute Gasteiger partial charge is 0.417 e. The Morgan fingerprint density at radius 2 is 1.77 bits per heavy atom. The molecular formula is C20H19ClF3NO4S. The second-order valence-electron chi connectivity index (χ2n) is 6.91. The molecule has 0 aliphatic carbocycles. The Bertz CT molecular complexity index is 1020. The van der Waals surface area contributed by atoms with Gasteiger partial charge in [-0.2, -0.15) is 17.5 Å². The number of rotatable bonds is 5. The maximum absolute atomic E-state index is 13.2. The molecule has 1 saturated heterocycles. The first-order valence-corrected chi connectivity index (χ1v) is 11.0. The van der Waals surface area contributed by atoms with Crippen LogP contribution in [0.4, 0.5) is 13.2 Å². The molecule has 5 nitrogen and oxygen atoms in total. The molecule has 0 spiro atoms. The molecule has 0 atom stereocenters. The van der Waals surface area contributed by atoms with Crippen LogP contribution in [0.3, 0.4) is 0 Å². The quantitative estimate of drug-likeness (QED) is 0.615. The summed E-state index contributed by atoms with van der Waals surface area (Å²) in [7, 11) is -4.34. The predicted molar refractivity (Wildman–Crippen MR) is 104 cm³/mol. The third-order valence-electron chi connectivity index (χ3n) is 4.87. The number of piperidine rings is 1. The van der Waals surface area contributed by atoms with Gasteiger partial charge in [0, 0.05) is 18.1 Å². The van der Waals surface area contributed by atoms with Crippen LogP contribution in [0.2, 0.25) is 5.02 Å². The molecule has 0 bridgehead atoms. The van der Waals surface area contributed by atoms with Crippen molar-refractivity contribution in [1.82, 2.24) is 4.31 Å². The molecule has 10 heteroatoms.